The second kappa shape index (κ2) is 9.38. The molecular weight excluding hydrogens is 400 g/mol. The van der Waals surface area contributed by atoms with E-state index in [1.54, 1.807) is 0 Å². The number of carbonyl (C=O) groups excluding carboxylic acids is 1. The van der Waals surface area contributed by atoms with Crippen LogP contribution in [-0.4, -0.2) is 37.0 Å². The molecule has 1 aliphatic heterocycles. The molecule has 2 aromatic carbocycles. The molecule has 1 atom stereocenters. The highest BCUT2D eigenvalue weighted by Gasteiger charge is 2.37. The lowest BCUT2D eigenvalue weighted by Crippen LogP contribution is -2.58. The van der Waals surface area contributed by atoms with Gasteiger partial charge in [0.05, 0.1) is 13.0 Å². The van der Waals surface area contributed by atoms with Crippen molar-refractivity contribution < 1.29 is 14.4 Å². The van der Waals surface area contributed by atoms with Crippen LogP contribution in [0.5, 0.6) is 5.75 Å². The van der Waals surface area contributed by atoms with Gasteiger partial charge in [-0.1, -0.05) is 36.7 Å². The van der Waals surface area contributed by atoms with Gasteiger partial charge in [0, 0.05) is 29.7 Å². The Balaban J connectivity index is 1.34. The molecule has 2 aromatic rings. The summed E-state index contributed by atoms with van der Waals surface area (Å²) < 4.78 is 6.10. The number of halogens is 1. The second-order valence-corrected chi connectivity index (χ2v) is 8.58. The number of hydrogen-bond acceptors (Lipinski definition) is 4. The maximum absolute atomic E-state index is 11.8. The Labute approximate surface area is 183 Å². The van der Waals surface area contributed by atoms with Gasteiger partial charge < -0.3 is 4.74 Å². The minimum atomic E-state index is -0.0171. The first-order valence-electron chi connectivity index (χ1n) is 10.7. The van der Waals surface area contributed by atoms with Crippen molar-refractivity contribution in [2.24, 2.45) is 5.92 Å². The number of hydrogen-bond donors (Lipinski definition) is 1. The third-order valence-corrected chi connectivity index (χ3v) is 6.71. The number of amides is 1. The van der Waals surface area contributed by atoms with Gasteiger partial charge in [0.15, 0.2) is 0 Å². The van der Waals surface area contributed by atoms with Crippen molar-refractivity contribution in [1.82, 2.24) is 10.4 Å². The maximum atomic E-state index is 11.8. The Morgan fingerprint density at radius 3 is 2.83 bits per heavy atom. The van der Waals surface area contributed by atoms with E-state index in [1.165, 1.54) is 23.8 Å². The summed E-state index contributed by atoms with van der Waals surface area (Å²) in [6, 6.07) is 13.0. The highest BCUT2D eigenvalue weighted by Crippen LogP contribution is 2.32. The molecule has 1 unspecified atom stereocenters. The van der Waals surface area contributed by atoms with Crippen molar-refractivity contribution >= 4 is 17.5 Å². The van der Waals surface area contributed by atoms with Gasteiger partial charge in [-0.25, -0.2) is 5.48 Å². The van der Waals surface area contributed by atoms with Crippen LogP contribution in [0.25, 0.3) is 0 Å². The first kappa shape index (κ1) is 21.2. The van der Waals surface area contributed by atoms with E-state index in [0.717, 1.165) is 55.1 Å². The van der Waals surface area contributed by atoms with E-state index in [2.05, 4.69) is 41.6 Å². The van der Waals surface area contributed by atoms with Crippen molar-refractivity contribution in [2.45, 2.75) is 45.3 Å². The summed E-state index contributed by atoms with van der Waals surface area (Å²) in [6.07, 6.45) is 4.11. The number of ether oxygens (including phenoxy) is 1. The molecule has 0 saturated carbocycles. The Morgan fingerprint density at radius 2 is 2.07 bits per heavy atom. The molecule has 4 rings (SSSR count). The molecule has 1 heterocycles. The van der Waals surface area contributed by atoms with Gasteiger partial charge in [-0.3, -0.25) is 14.5 Å². The molecule has 1 saturated heterocycles. The highest BCUT2D eigenvalue weighted by molar-refractivity contribution is 6.31. The van der Waals surface area contributed by atoms with Crippen molar-refractivity contribution in [3.05, 3.63) is 63.7 Å². The maximum Gasteiger partial charge on any atom is 0.249 e. The molecular formula is C24H29ClN2O3. The number of carbonyl (C=O) groups is 1. The van der Waals surface area contributed by atoms with Crippen LogP contribution in [0.15, 0.2) is 36.4 Å². The molecule has 160 valence electrons. The highest BCUT2D eigenvalue weighted by atomic mass is 35.5. The van der Waals surface area contributed by atoms with Crippen molar-refractivity contribution in [1.29, 1.82) is 0 Å². The fraction of sp³-hybridized carbons (Fsp3) is 0.458. The van der Waals surface area contributed by atoms with Crippen LogP contribution >= 0.6 is 11.6 Å². The van der Waals surface area contributed by atoms with Gasteiger partial charge in [-0.15, -0.1) is 0 Å². The summed E-state index contributed by atoms with van der Waals surface area (Å²) in [4.78, 5) is 19.0. The van der Waals surface area contributed by atoms with E-state index >= 15 is 0 Å². The largest absolute Gasteiger partial charge is 0.489 e. The molecule has 2 aliphatic rings. The van der Waals surface area contributed by atoms with E-state index in [-0.39, 0.29) is 11.8 Å². The number of rotatable bonds is 7. The van der Waals surface area contributed by atoms with E-state index < -0.39 is 0 Å². The number of fused-ring (bicyclic) bond motifs is 1. The number of nitrogens with one attached hydrogen (secondary N) is 1. The SMILES string of the molecule is CCc1cccc(Cl)c1COc1ccc2c(c1)CCC(N1CC(C(=O)NOC)C1)C2. The van der Waals surface area contributed by atoms with Crippen molar-refractivity contribution in [3.8, 4) is 5.75 Å². The standard InChI is InChI=1S/C24H29ClN2O3/c1-3-16-5-4-6-23(25)22(16)15-30-21-10-8-17-11-20(9-7-18(17)12-21)27-13-19(14-27)24(28)26-29-2/h4-6,8,10,12,19-20H,3,7,9,11,13-15H2,1-2H3,(H,26,28). The molecule has 6 heteroatoms. The Hall–Kier alpha value is -2.08. The molecule has 0 aromatic heterocycles. The van der Waals surface area contributed by atoms with Crippen LogP contribution in [0.3, 0.4) is 0 Å². The Morgan fingerprint density at radius 1 is 1.23 bits per heavy atom. The summed E-state index contributed by atoms with van der Waals surface area (Å²) in [5.74, 6) is 0.922. The molecule has 1 amide bonds. The first-order valence-corrected chi connectivity index (χ1v) is 11.0. The summed E-state index contributed by atoms with van der Waals surface area (Å²) in [7, 11) is 1.47. The zero-order chi connectivity index (χ0) is 21.1. The number of aryl methyl sites for hydroxylation is 2. The van der Waals surface area contributed by atoms with Gasteiger partial charge in [0.25, 0.3) is 0 Å². The summed E-state index contributed by atoms with van der Waals surface area (Å²) in [5.41, 5.74) is 7.50. The van der Waals surface area contributed by atoms with E-state index in [9.17, 15) is 4.79 Å². The van der Waals surface area contributed by atoms with Crippen LogP contribution < -0.4 is 10.2 Å². The van der Waals surface area contributed by atoms with Crippen LogP contribution in [0.2, 0.25) is 5.02 Å². The summed E-state index contributed by atoms with van der Waals surface area (Å²) in [5, 5.41) is 0.766. The minimum Gasteiger partial charge on any atom is -0.489 e. The molecule has 5 nitrogen and oxygen atoms in total. The minimum absolute atomic E-state index is 0.0171. The monoisotopic (exact) mass is 428 g/mol. The number of benzene rings is 2. The smallest absolute Gasteiger partial charge is 0.249 e. The zero-order valence-corrected chi connectivity index (χ0v) is 18.4. The van der Waals surface area contributed by atoms with Gasteiger partial charge >= 0.3 is 0 Å². The van der Waals surface area contributed by atoms with E-state index in [0.29, 0.717) is 12.6 Å². The molecule has 1 N–H and O–H groups in total. The van der Waals surface area contributed by atoms with E-state index in [1.807, 2.05) is 12.1 Å². The fourth-order valence-corrected chi connectivity index (χ4v) is 4.77. The van der Waals surface area contributed by atoms with Crippen LogP contribution in [-0.2, 0) is 35.5 Å². The zero-order valence-electron chi connectivity index (χ0n) is 17.6. The molecule has 1 aliphatic carbocycles. The number of nitrogens with zero attached hydrogens (tertiary/aromatic N) is 1. The molecule has 0 bridgehead atoms. The molecule has 0 spiro atoms. The first-order chi connectivity index (χ1) is 14.6. The predicted molar refractivity (Wildman–Crippen MR) is 118 cm³/mol. The quantitative estimate of drug-likeness (QED) is 0.678. The third kappa shape index (κ3) is 4.48. The lowest BCUT2D eigenvalue weighted by molar-refractivity contribution is -0.142. The van der Waals surface area contributed by atoms with Gasteiger partial charge in [0.2, 0.25) is 5.91 Å². The predicted octanol–water partition coefficient (Wildman–Crippen LogP) is 3.95. The van der Waals surface area contributed by atoms with Crippen LogP contribution in [0.4, 0.5) is 0 Å². The average Bonchev–Trinajstić information content (AvgIpc) is 2.71. The topological polar surface area (TPSA) is 50.8 Å². The molecule has 1 fully saturated rings. The van der Waals surface area contributed by atoms with Crippen LogP contribution in [0, 0.1) is 5.92 Å². The molecule has 30 heavy (non-hydrogen) atoms. The number of likely N-dealkylation sites (tertiary alicyclic amines) is 1. The Bertz CT molecular complexity index is 911. The summed E-state index contributed by atoms with van der Waals surface area (Å²) in [6.45, 7) is 4.25. The van der Waals surface area contributed by atoms with Crippen LogP contribution in [0.1, 0.15) is 35.6 Å². The van der Waals surface area contributed by atoms with Crippen molar-refractivity contribution in [3.63, 3.8) is 0 Å². The normalized spacial score (nSPS) is 19.1. The fourth-order valence-electron chi connectivity index (χ4n) is 4.53. The van der Waals surface area contributed by atoms with Gasteiger partial charge in [-0.05, 0) is 60.6 Å². The van der Waals surface area contributed by atoms with Gasteiger partial charge in [0.1, 0.15) is 12.4 Å². The number of hydroxylamine groups is 1. The Kier molecular flexibility index (Phi) is 6.61. The van der Waals surface area contributed by atoms with Crippen molar-refractivity contribution in [2.75, 3.05) is 20.2 Å². The second-order valence-electron chi connectivity index (χ2n) is 8.17. The third-order valence-electron chi connectivity index (χ3n) is 6.36. The lowest BCUT2D eigenvalue weighted by Gasteiger charge is -2.45. The van der Waals surface area contributed by atoms with Gasteiger partial charge in [-0.2, -0.15) is 0 Å². The summed E-state index contributed by atoms with van der Waals surface area (Å²) >= 11 is 6.39. The van der Waals surface area contributed by atoms with E-state index in [4.69, 9.17) is 21.2 Å². The average molecular weight is 429 g/mol. The molecule has 0 radical (unpaired) electrons. The lowest BCUT2D eigenvalue weighted by atomic mass is 9.84.